The molecule has 1 atom stereocenters. The lowest BCUT2D eigenvalue weighted by Crippen LogP contribution is -2.26. The van der Waals surface area contributed by atoms with E-state index in [1.807, 2.05) is 0 Å². The molecule has 0 N–H and O–H groups in total. The topological polar surface area (TPSA) is 52.6 Å². The van der Waals surface area contributed by atoms with Crippen molar-refractivity contribution in [2.24, 2.45) is 5.92 Å². The minimum atomic E-state index is -0.824. The van der Waals surface area contributed by atoms with Crippen LogP contribution in [0.2, 0.25) is 0 Å². The van der Waals surface area contributed by atoms with E-state index in [2.05, 4.69) is 0 Å². The van der Waals surface area contributed by atoms with E-state index < -0.39 is 17.7 Å². The lowest BCUT2D eigenvalue weighted by Gasteiger charge is -2.19. The zero-order chi connectivity index (χ0) is 15.2. The van der Waals surface area contributed by atoms with Crippen molar-refractivity contribution in [2.45, 2.75) is 26.2 Å². The van der Waals surface area contributed by atoms with Crippen LogP contribution < -0.4 is 0 Å². The maximum atomic E-state index is 12.9. The van der Waals surface area contributed by atoms with E-state index in [0.717, 1.165) is 0 Å². The molecule has 0 aromatic rings. The summed E-state index contributed by atoms with van der Waals surface area (Å²) in [5.74, 6) is -0.903. The van der Waals surface area contributed by atoms with E-state index >= 15 is 0 Å². The third kappa shape index (κ3) is 4.15. The number of hydrogen-bond acceptors (Lipinski definition) is 4. The van der Waals surface area contributed by atoms with Crippen LogP contribution in [-0.4, -0.2) is 18.4 Å². The Morgan fingerprint density at radius 3 is 2.71 bits per heavy atom. The molecule has 0 spiro atoms. The molecule has 0 fully saturated rings. The number of Topliss-reactive ketones (excluding diaryl/α,β-unsaturated/α-hetero) is 1. The van der Waals surface area contributed by atoms with Crippen molar-refractivity contribution in [3.05, 3.63) is 47.7 Å². The maximum Gasteiger partial charge on any atom is 0.375 e. The highest BCUT2D eigenvalue weighted by Gasteiger charge is 2.27. The summed E-state index contributed by atoms with van der Waals surface area (Å²) < 4.78 is 23.3. The number of ketones is 1. The fourth-order valence-electron chi connectivity index (χ4n) is 2.11. The monoisotopic (exact) mass is 292 g/mol. The first kappa shape index (κ1) is 15.2. The average Bonchev–Trinajstić information content (AvgIpc) is 2.49. The molecule has 2 rings (SSSR count). The number of halogens is 1. The van der Waals surface area contributed by atoms with Gasteiger partial charge in [0, 0.05) is 19.3 Å². The molecule has 0 bridgehead atoms. The molecule has 2 aliphatic carbocycles. The molecule has 4 nitrogen and oxygen atoms in total. The summed E-state index contributed by atoms with van der Waals surface area (Å²) in [5, 5.41) is 0. The van der Waals surface area contributed by atoms with Gasteiger partial charge in [-0.15, -0.1) is 0 Å². The largest absolute Gasteiger partial charge is 0.466 e. The second-order valence-electron chi connectivity index (χ2n) is 4.76. The first-order valence-electron chi connectivity index (χ1n) is 6.91. The molecule has 0 saturated heterocycles. The SMILES string of the molecule is CCOC(=O)C(=O)C1C=CC=C(OC2=CC=C(F)CC2)C1. The van der Waals surface area contributed by atoms with Crippen LogP contribution in [0.5, 0.6) is 0 Å². The fourth-order valence-corrected chi connectivity index (χ4v) is 2.11. The molecule has 21 heavy (non-hydrogen) atoms. The summed E-state index contributed by atoms with van der Waals surface area (Å²) in [6.45, 7) is 1.82. The number of carbonyl (C=O) groups is 2. The molecule has 2 aliphatic rings. The van der Waals surface area contributed by atoms with E-state index in [1.54, 1.807) is 31.2 Å². The van der Waals surface area contributed by atoms with Gasteiger partial charge in [-0.05, 0) is 25.2 Å². The van der Waals surface area contributed by atoms with Crippen LogP contribution >= 0.6 is 0 Å². The highest BCUT2D eigenvalue weighted by Crippen LogP contribution is 2.27. The van der Waals surface area contributed by atoms with Gasteiger partial charge in [-0.3, -0.25) is 4.79 Å². The first-order valence-corrected chi connectivity index (χ1v) is 6.91. The number of carbonyl (C=O) groups excluding carboxylic acids is 2. The predicted octanol–water partition coefficient (Wildman–Crippen LogP) is 3.13. The van der Waals surface area contributed by atoms with Gasteiger partial charge in [-0.2, -0.15) is 0 Å². The molecule has 0 aromatic carbocycles. The van der Waals surface area contributed by atoms with Gasteiger partial charge >= 0.3 is 5.97 Å². The van der Waals surface area contributed by atoms with Gasteiger partial charge in [0.25, 0.3) is 0 Å². The number of rotatable bonds is 5. The zero-order valence-electron chi connectivity index (χ0n) is 11.8. The number of ether oxygens (including phenoxy) is 2. The van der Waals surface area contributed by atoms with E-state index in [4.69, 9.17) is 9.47 Å². The number of esters is 1. The van der Waals surface area contributed by atoms with Crippen molar-refractivity contribution in [3.8, 4) is 0 Å². The minimum Gasteiger partial charge on any atom is -0.466 e. The lowest BCUT2D eigenvalue weighted by molar-refractivity contribution is -0.154. The van der Waals surface area contributed by atoms with Crippen molar-refractivity contribution < 1.29 is 23.5 Å². The molecule has 0 amide bonds. The van der Waals surface area contributed by atoms with Gasteiger partial charge in [-0.25, -0.2) is 9.18 Å². The third-order valence-electron chi connectivity index (χ3n) is 3.18. The van der Waals surface area contributed by atoms with Gasteiger partial charge in [-0.1, -0.05) is 12.2 Å². The van der Waals surface area contributed by atoms with Gasteiger partial charge in [0.1, 0.15) is 17.3 Å². The fraction of sp³-hybridized carbons (Fsp3) is 0.375. The molecule has 1 unspecified atom stereocenters. The minimum absolute atomic E-state index is 0.171. The van der Waals surface area contributed by atoms with Crippen molar-refractivity contribution in [2.75, 3.05) is 6.61 Å². The predicted molar refractivity (Wildman–Crippen MR) is 74.6 cm³/mol. The second kappa shape index (κ2) is 7.02. The molecule has 0 aromatic heterocycles. The Morgan fingerprint density at radius 1 is 1.24 bits per heavy atom. The Labute approximate surface area is 122 Å². The summed E-state index contributed by atoms with van der Waals surface area (Å²) in [7, 11) is 0. The smallest absolute Gasteiger partial charge is 0.375 e. The van der Waals surface area contributed by atoms with Gasteiger partial charge in [0.05, 0.1) is 12.5 Å². The summed E-state index contributed by atoms with van der Waals surface area (Å²) in [4.78, 5) is 23.3. The van der Waals surface area contributed by atoms with E-state index in [9.17, 15) is 14.0 Å². The van der Waals surface area contributed by atoms with Crippen LogP contribution in [0, 0.1) is 5.92 Å². The molecule has 0 heterocycles. The van der Waals surface area contributed by atoms with Crippen LogP contribution in [-0.2, 0) is 19.1 Å². The maximum absolute atomic E-state index is 12.9. The van der Waals surface area contributed by atoms with Crippen molar-refractivity contribution >= 4 is 11.8 Å². The molecular formula is C16H17FO4. The Kier molecular flexibility index (Phi) is 5.09. The quantitative estimate of drug-likeness (QED) is 0.577. The summed E-state index contributed by atoms with van der Waals surface area (Å²) in [6, 6.07) is 0. The Hall–Kier alpha value is -2.17. The highest BCUT2D eigenvalue weighted by molar-refractivity contribution is 6.34. The van der Waals surface area contributed by atoms with Gasteiger partial charge in [0.15, 0.2) is 0 Å². The normalized spacial score (nSPS) is 21.0. The third-order valence-corrected chi connectivity index (χ3v) is 3.18. The Bertz CT molecular complexity index is 555. The van der Waals surface area contributed by atoms with Gasteiger partial charge < -0.3 is 9.47 Å². The van der Waals surface area contributed by atoms with E-state index in [-0.39, 0.29) is 12.4 Å². The first-order chi connectivity index (χ1) is 10.1. The molecule has 0 saturated carbocycles. The summed E-state index contributed by atoms with van der Waals surface area (Å²) in [5.41, 5.74) is 0. The molecule has 0 radical (unpaired) electrons. The summed E-state index contributed by atoms with van der Waals surface area (Å²) in [6.07, 6.45) is 9.14. The van der Waals surface area contributed by atoms with E-state index in [1.165, 1.54) is 6.08 Å². The zero-order valence-corrected chi connectivity index (χ0v) is 11.8. The number of hydrogen-bond donors (Lipinski definition) is 0. The van der Waals surface area contributed by atoms with Crippen molar-refractivity contribution in [1.29, 1.82) is 0 Å². The van der Waals surface area contributed by atoms with Crippen LogP contribution in [0.3, 0.4) is 0 Å². The standard InChI is InChI=1S/C16H17FO4/c1-2-20-16(19)15(18)11-4-3-5-14(10-11)21-13-8-6-12(17)7-9-13/h3-6,8,11H,2,7,9-10H2,1H3. The number of allylic oxidation sites excluding steroid dienone is 8. The van der Waals surface area contributed by atoms with Crippen LogP contribution in [0.4, 0.5) is 4.39 Å². The Balaban J connectivity index is 1.95. The lowest BCUT2D eigenvalue weighted by atomic mass is 9.95. The second-order valence-corrected chi connectivity index (χ2v) is 4.76. The van der Waals surface area contributed by atoms with Crippen molar-refractivity contribution in [3.63, 3.8) is 0 Å². The van der Waals surface area contributed by atoms with Crippen molar-refractivity contribution in [1.82, 2.24) is 0 Å². The van der Waals surface area contributed by atoms with E-state index in [0.29, 0.717) is 30.8 Å². The van der Waals surface area contributed by atoms with Crippen LogP contribution in [0.1, 0.15) is 26.2 Å². The molecular weight excluding hydrogens is 275 g/mol. The molecule has 0 aliphatic heterocycles. The van der Waals surface area contributed by atoms with Crippen LogP contribution in [0.15, 0.2) is 47.7 Å². The van der Waals surface area contributed by atoms with Crippen LogP contribution in [0.25, 0.3) is 0 Å². The Morgan fingerprint density at radius 2 is 2.05 bits per heavy atom. The molecule has 5 heteroatoms. The average molecular weight is 292 g/mol. The van der Waals surface area contributed by atoms with Gasteiger partial charge in [0.2, 0.25) is 5.78 Å². The highest BCUT2D eigenvalue weighted by atomic mass is 19.1. The molecule has 112 valence electrons. The summed E-state index contributed by atoms with van der Waals surface area (Å²) >= 11 is 0.